The molecule has 3 nitrogen and oxygen atoms in total. The molecule has 0 heterocycles. The van der Waals surface area contributed by atoms with E-state index in [9.17, 15) is 5.26 Å². The molecule has 1 saturated carbocycles. The molecule has 0 amide bonds. The molecule has 1 fully saturated rings. The molecule has 0 radical (unpaired) electrons. The zero-order valence-electron chi connectivity index (χ0n) is 11.3. The van der Waals surface area contributed by atoms with E-state index in [1.54, 1.807) is 0 Å². The molecule has 0 saturated heterocycles. The van der Waals surface area contributed by atoms with Crippen molar-refractivity contribution in [2.24, 2.45) is 0 Å². The van der Waals surface area contributed by atoms with Gasteiger partial charge in [-0.2, -0.15) is 5.26 Å². The average molecular weight is 238 g/mol. The van der Waals surface area contributed by atoms with Gasteiger partial charge in [-0.1, -0.05) is 26.2 Å². The van der Waals surface area contributed by atoms with Gasteiger partial charge in [0.2, 0.25) is 0 Å². The van der Waals surface area contributed by atoms with Crippen LogP contribution in [0.3, 0.4) is 0 Å². The van der Waals surface area contributed by atoms with Crippen LogP contribution < -0.4 is 5.32 Å². The highest BCUT2D eigenvalue weighted by atomic mass is 16.5. The maximum atomic E-state index is 9.23. The summed E-state index contributed by atoms with van der Waals surface area (Å²) in [5.74, 6) is 0. The third-order valence-corrected chi connectivity index (χ3v) is 3.75. The summed E-state index contributed by atoms with van der Waals surface area (Å²) in [5, 5.41) is 12.4. The summed E-state index contributed by atoms with van der Waals surface area (Å²) in [4.78, 5) is 0. The van der Waals surface area contributed by atoms with Crippen LogP contribution in [0.5, 0.6) is 0 Å². The molecule has 1 aliphatic carbocycles. The van der Waals surface area contributed by atoms with Gasteiger partial charge in [-0.15, -0.1) is 0 Å². The van der Waals surface area contributed by atoms with Crippen LogP contribution in [0, 0.1) is 11.3 Å². The van der Waals surface area contributed by atoms with Gasteiger partial charge < -0.3 is 10.1 Å². The van der Waals surface area contributed by atoms with Gasteiger partial charge in [0.1, 0.15) is 5.54 Å². The molecule has 17 heavy (non-hydrogen) atoms. The van der Waals surface area contributed by atoms with Crippen molar-refractivity contribution in [2.75, 3.05) is 13.7 Å². The summed E-state index contributed by atoms with van der Waals surface area (Å²) in [6.45, 7) is 3.08. The Labute approximate surface area is 106 Å². The molecule has 0 bridgehead atoms. The lowest BCUT2D eigenvalue weighted by molar-refractivity contribution is 0.00852. The molecule has 0 aromatic carbocycles. The number of nitrogens with one attached hydrogen (secondary N) is 1. The molecule has 0 aromatic rings. The van der Waals surface area contributed by atoms with Crippen LogP contribution in [0.2, 0.25) is 0 Å². The molecule has 3 heteroatoms. The van der Waals surface area contributed by atoms with E-state index in [2.05, 4.69) is 18.3 Å². The first-order chi connectivity index (χ1) is 8.26. The second kappa shape index (κ2) is 7.68. The molecule has 0 aliphatic heterocycles. The molecule has 2 unspecified atom stereocenters. The zero-order chi connectivity index (χ0) is 12.6. The first-order valence-electron chi connectivity index (χ1n) is 6.98. The van der Waals surface area contributed by atoms with Crippen molar-refractivity contribution in [2.45, 2.75) is 69.9 Å². The smallest absolute Gasteiger partial charge is 0.109 e. The van der Waals surface area contributed by atoms with E-state index in [1.807, 2.05) is 7.05 Å². The van der Waals surface area contributed by atoms with E-state index in [0.29, 0.717) is 0 Å². The number of rotatable bonds is 7. The summed E-state index contributed by atoms with van der Waals surface area (Å²) in [6, 6.07) is 2.42. The molecule has 1 N–H and O–H groups in total. The zero-order valence-corrected chi connectivity index (χ0v) is 11.3. The van der Waals surface area contributed by atoms with Crippen molar-refractivity contribution < 1.29 is 4.74 Å². The normalized spacial score (nSPS) is 28.9. The predicted octanol–water partition coefficient (Wildman–Crippen LogP) is 3.01. The maximum absolute atomic E-state index is 9.23. The van der Waals surface area contributed by atoms with Gasteiger partial charge >= 0.3 is 0 Å². The summed E-state index contributed by atoms with van der Waals surface area (Å²) < 4.78 is 5.90. The molecule has 1 rings (SSSR count). The molecule has 0 aromatic heterocycles. The summed E-state index contributed by atoms with van der Waals surface area (Å²) in [7, 11) is 1.88. The highest BCUT2D eigenvalue weighted by Gasteiger charge is 2.35. The van der Waals surface area contributed by atoms with Gasteiger partial charge in [-0.05, 0) is 32.7 Å². The lowest BCUT2D eigenvalue weighted by Gasteiger charge is -2.35. The monoisotopic (exact) mass is 238 g/mol. The first-order valence-corrected chi connectivity index (χ1v) is 6.98. The third kappa shape index (κ3) is 4.65. The van der Waals surface area contributed by atoms with E-state index in [4.69, 9.17) is 4.74 Å². The minimum Gasteiger partial charge on any atom is -0.378 e. The summed E-state index contributed by atoms with van der Waals surface area (Å²) in [6.07, 6.45) is 9.25. The number of ether oxygens (including phenoxy) is 1. The Morgan fingerprint density at radius 3 is 2.88 bits per heavy atom. The quantitative estimate of drug-likeness (QED) is 0.693. The minimum atomic E-state index is -0.341. The number of hydrogen-bond acceptors (Lipinski definition) is 3. The molecule has 0 spiro atoms. The Morgan fingerprint density at radius 1 is 1.41 bits per heavy atom. The number of hydrogen-bond donors (Lipinski definition) is 1. The van der Waals surface area contributed by atoms with Crippen molar-refractivity contribution >= 4 is 0 Å². The van der Waals surface area contributed by atoms with Gasteiger partial charge in [0.25, 0.3) is 0 Å². The fourth-order valence-corrected chi connectivity index (χ4v) is 2.53. The molecular weight excluding hydrogens is 212 g/mol. The maximum Gasteiger partial charge on any atom is 0.109 e. The topological polar surface area (TPSA) is 45.0 Å². The third-order valence-electron chi connectivity index (χ3n) is 3.75. The fourth-order valence-electron chi connectivity index (χ4n) is 2.53. The van der Waals surface area contributed by atoms with Crippen LogP contribution in [0.15, 0.2) is 0 Å². The Bertz CT molecular complexity index is 249. The number of unbranched alkanes of at least 4 members (excludes halogenated alkanes) is 3. The highest BCUT2D eigenvalue weighted by molar-refractivity contribution is 5.09. The van der Waals surface area contributed by atoms with Gasteiger partial charge in [0.05, 0.1) is 12.2 Å². The van der Waals surface area contributed by atoms with Gasteiger partial charge in [-0.3, -0.25) is 0 Å². The summed E-state index contributed by atoms with van der Waals surface area (Å²) >= 11 is 0. The van der Waals surface area contributed by atoms with E-state index in [0.717, 1.165) is 38.7 Å². The van der Waals surface area contributed by atoms with Crippen molar-refractivity contribution in [1.82, 2.24) is 5.32 Å². The Balaban J connectivity index is 2.23. The molecule has 98 valence electrons. The van der Waals surface area contributed by atoms with Crippen LogP contribution in [0.1, 0.15) is 58.3 Å². The standard InChI is InChI=1S/C14H26N2O/c1-3-4-5-6-10-17-13-8-7-9-14(11-13,12-15)16-2/h13,16H,3-11H2,1-2H3. The van der Waals surface area contributed by atoms with Crippen LogP contribution >= 0.6 is 0 Å². The molecule has 1 aliphatic rings. The largest absolute Gasteiger partial charge is 0.378 e. The molecular formula is C14H26N2O. The van der Waals surface area contributed by atoms with Crippen molar-refractivity contribution in [3.63, 3.8) is 0 Å². The van der Waals surface area contributed by atoms with E-state index in [-0.39, 0.29) is 11.6 Å². The average Bonchev–Trinajstić information content (AvgIpc) is 2.39. The lowest BCUT2D eigenvalue weighted by atomic mass is 9.81. The van der Waals surface area contributed by atoms with Crippen molar-refractivity contribution in [3.8, 4) is 6.07 Å². The van der Waals surface area contributed by atoms with Crippen molar-refractivity contribution in [1.29, 1.82) is 5.26 Å². The Hall–Kier alpha value is -0.590. The van der Waals surface area contributed by atoms with Crippen LogP contribution in [-0.4, -0.2) is 25.3 Å². The van der Waals surface area contributed by atoms with Crippen LogP contribution in [0.4, 0.5) is 0 Å². The second-order valence-electron chi connectivity index (χ2n) is 5.09. The summed E-state index contributed by atoms with van der Waals surface area (Å²) in [5.41, 5.74) is -0.341. The van der Waals surface area contributed by atoms with Crippen molar-refractivity contribution in [3.05, 3.63) is 0 Å². The minimum absolute atomic E-state index is 0.275. The fraction of sp³-hybridized carbons (Fsp3) is 0.929. The Morgan fingerprint density at radius 2 is 2.24 bits per heavy atom. The SMILES string of the molecule is CCCCCCOC1CCCC(C#N)(NC)C1. The number of nitriles is 1. The van der Waals surface area contributed by atoms with E-state index < -0.39 is 0 Å². The van der Waals surface area contributed by atoms with Crippen LogP contribution in [0.25, 0.3) is 0 Å². The number of nitrogens with zero attached hydrogens (tertiary/aromatic N) is 1. The van der Waals surface area contributed by atoms with Gasteiger partial charge in [0, 0.05) is 13.0 Å². The second-order valence-corrected chi connectivity index (χ2v) is 5.09. The van der Waals surface area contributed by atoms with Crippen LogP contribution in [-0.2, 0) is 4.74 Å². The Kier molecular flexibility index (Phi) is 6.54. The van der Waals surface area contributed by atoms with Gasteiger partial charge in [-0.25, -0.2) is 0 Å². The first kappa shape index (κ1) is 14.5. The lowest BCUT2D eigenvalue weighted by Crippen LogP contribution is -2.47. The highest BCUT2D eigenvalue weighted by Crippen LogP contribution is 2.29. The van der Waals surface area contributed by atoms with E-state index in [1.165, 1.54) is 19.3 Å². The van der Waals surface area contributed by atoms with E-state index >= 15 is 0 Å². The molecule has 2 atom stereocenters. The predicted molar refractivity (Wildman–Crippen MR) is 69.8 cm³/mol. The van der Waals surface area contributed by atoms with Gasteiger partial charge in [0.15, 0.2) is 0 Å².